The van der Waals surface area contributed by atoms with Crippen LogP contribution < -0.4 is 10.2 Å². The van der Waals surface area contributed by atoms with Crippen LogP contribution in [0.15, 0.2) is 42.5 Å². The van der Waals surface area contributed by atoms with Gasteiger partial charge in [0.05, 0.1) is 19.8 Å². The molecule has 1 saturated heterocycles. The molecule has 0 saturated carbocycles. The van der Waals surface area contributed by atoms with Gasteiger partial charge in [-0.25, -0.2) is 0 Å². The molecule has 2 aliphatic rings. The predicted octanol–water partition coefficient (Wildman–Crippen LogP) is 2.86. The zero-order chi connectivity index (χ0) is 20.2. The SMILES string of the molecule is Cc1c(NCC(=O)N2CCCc3ccccc32)cccc1C(=O)N1CCOCC1. The Morgan fingerprint density at radius 2 is 1.83 bits per heavy atom. The van der Waals surface area contributed by atoms with Crippen LogP contribution in [-0.2, 0) is 16.0 Å². The highest BCUT2D eigenvalue weighted by molar-refractivity contribution is 5.99. The van der Waals surface area contributed by atoms with Gasteiger partial charge in [-0.1, -0.05) is 24.3 Å². The van der Waals surface area contributed by atoms with Crippen LogP contribution in [0.3, 0.4) is 0 Å². The summed E-state index contributed by atoms with van der Waals surface area (Å²) in [6, 6.07) is 13.7. The van der Waals surface area contributed by atoms with Crippen LogP contribution in [0, 0.1) is 6.92 Å². The Kier molecular flexibility index (Phi) is 5.81. The highest BCUT2D eigenvalue weighted by Crippen LogP contribution is 2.27. The number of rotatable bonds is 4. The van der Waals surface area contributed by atoms with Crippen molar-refractivity contribution in [3.63, 3.8) is 0 Å². The van der Waals surface area contributed by atoms with Crippen molar-refractivity contribution in [2.45, 2.75) is 19.8 Å². The van der Waals surface area contributed by atoms with Gasteiger partial charge in [0.2, 0.25) is 5.91 Å². The molecule has 0 aliphatic carbocycles. The van der Waals surface area contributed by atoms with Crippen LogP contribution in [-0.4, -0.2) is 56.1 Å². The Balaban J connectivity index is 1.45. The fourth-order valence-corrected chi connectivity index (χ4v) is 4.05. The maximum Gasteiger partial charge on any atom is 0.254 e. The number of nitrogens with one attached hydrogen (secondary N) is 1. The number of anilines is 2. The summed E-state index contributed by atoms with van der Waals surface area (Å²) in [5.74, 6) is 0.0622. The molecule has 152 valence electrons. The minimum absolute atomic E-state index is 0.0192. The molecular weight excluding hydrogens is 366 g/mol. The van der Waals surface area contributed by atoms with E-state index in [1.54, 1.807) is 0 Å². The van der Waals surface area contributed by atoms with Crippen molar-refractivity contribution in [2.24, 2.45) is 0 Å². The first kappa shape index (κ1) is 19.5. The molecule has 2 amide bonds. The van der Waals surface area contributed by atoms with E-state index in [4.69, 9.17) is 4.74 Å². The summed E-state index contributed by atoms with van der Waals surface area (Å²) < 4.78 is 5.34. The summed E-state index contributed by atoms with van der Waals surface area (Å²) in [7, 11) is 0. The Morgan fingerprint density at radius 1 is 1.03 bits per heavy atom. The third-order valence-electron chi connectivity index (χ3n) is 5.70. The van der Waals surface area contributed by atoms with Gasteiger partial charge in [0, 0.05) is 36.6 Å². The summed E-state index contributed by atoms with van der Waals surface area (Å²) in [4.78, 5) is 29.4. The quantitative estimate of drug-likeness (QED) is 0.868. The second-order valence-corrected chi connectivity index (χ2v) is 7.51. The van der Waals surface area contributed by atoms with Crippen LogP contribution in [0.5, 0.6) is 0 Å². The number of carbonyl (C=O) groups excluding carboxylic acids is 2. The molecule has 0 aromatic heterocycles. The van der Waals surface area contributed by atoms with Crippen LogP contribution in [0.1, 0.15) is 27.9 Å². The van der Waals surface area contributed by atoms with Gasteiger partial charge < -0.3 is 19.9 Å². The number of morpholine rings is 1. The largest absolute Gasteiger partial charge is 0.378 e. The Labute approximate surface area is 171 Å². The highest BCUT2D eigenvalue weighted by Gasteiger charge is 2.23. The molecule has 1 fully saturated rings. The molecule has 2 aromatic rings. The highest BCUT2D eigenvalue weighted by atomic mass is 16.5. The van der Waals surface area contributed by atoms with Gasteiger partial charge in [-0.3, -0.25) is 9.59 Å². The first-order valence-electron chi connectivity index (χ1n) is 10.2. The van der Waals surface area contributed by atoms with Gasteiger partial charge in [-0.05, 0) is 49.1 Å². The molecule has 6 heteroatoms. The van der Waals surface area contributed by atoms with Gasteiger partial charge in [-0.2, -0.15) is 0 Å². The molecule has 2 heterocycles. The molecule has 29 heavy (non-hydrogen) atoms. The maximum atomic E-state index is 12.9. The zero-order valence-electron chi connectivity index (χ0n) is 16.8. The molecule has 0 radical (unpaired) electrons. The number of hydrogen-bond donors (Lipinski definition) is 1. The number of carbonyl (C=O) groups is 2. The van der Waals surface area contributed by atoms with Crippen LogP contribution >= 0.6 is 0 Å². The predicted molar refractivity (Wildman–Crippen MR) is 114 cm³/mol. The Hall–Kier alpha value is -2.86. The van der Waals surface area contributed by atoms with Gasteiger partial charge in [0.15, 0.2) is 0 Å². The van der Waals surface area contributed by atoms with E-state index >= 15 is 0 Å². The van der Waals surface area contributed by atoms with E-state index in [1.807, 2.05) is 53.1 Å². The summed E-state index contributed by atoms with van der Waals surface area (Å²) in [5, 5.41) is 3.25. The lowest BCUT2D eigenvalue weighted by Crippen LogP contribution is -2.41. The fraction of sp³-hybridized carbons (Fsp3) is 0.391. The van der Waals surface area contributed by atoms with Crippen molar-refractivity contribution in [2.75, 3.05) is 49.6 Å². The van der Waals surface area contributed by atoms with E-state index in [2.05, 4.69) is 11.4 Å². The van der Waals surface area contributed by atoms with E-state index in [0.717, 1.165) is 36.3 Å². The van der Waals surface area contributed by atoms with Crippen LogP contribution in [0.25, 0.3) is 0 Å². The standard InChI is InChI=1S/C23H27N3O3/c1-17-19(23(28)25-12-14-29-15-13-25)8-4-9-20(17)24-16-22(27)26-11-5-7-18-6-2-3-10-21(18)26/h2-4,6,8-10,24H,5,7,11-16H2,1H3. The molecular formula is C23H27N3O3. The third-order valence-corrected chi connectivity index (χ3v) is 5.70. The minimum Gasteiger partial charge on any atom is -0.378 e. The molecule has 0 spiro atoms. The molecule has 2 aliphatic heterocycles. The lowest BCUT2D eigenvalue weighted by atomic mass is 10.0. The van der Waals surface area contributed by atoms with Crippen LogP contribution in [0.2, 0.25) is 0 Å². The van der Waals surface area contributed by atoms with Crippen LogP contribution in [0.4, 0.5) is 11.4 Å². The molecule has 6 nitrogen and oxygen atoms in total. The lowest BCUT2D eigenvalue weighted by molar-refractivity contribution is -0.117. The summed E-state index contributed by atoms with van der Waals surface area (Å²) >= 11 is 0. The number of ether oxygens (including phenoxy) is 1. The monoisotopic (exact) mass is 393 g/mol. The maximum absolute atomic E-state index is 12.9. The van der Waals surface area contributed by atoms with E-state index < -0.39 is 0 Å². The van der Waals surface area contributed by atoms with Crippen molar-refractivity contribution in [1.82, 2.24) is 4.90 Å². The van der Waals surface area contributed by atoms with Crippen molar-refractivity contribution < 1.29 is 14.3 Å². The average molecular weight is 393 g/mol. The van der Waals surface area contributed by atoms with Crippen molar-refractivity contribution in [3.05, 3.63) is 59.2 Å². The van der Waals surface area contributed by atoms with E-state index in [0.29, 0.717) is 31.9 Å². The van der Waals surface area contributed by atoms with Gasteiger partial charge >= 0.3 is 0 Å². The topological polar surface area (TPSA) is 61.9 Å². The van der Waals surface area contributed by atoms with Gasteiger partial charge in [0.1, 0.15) is 0 Å². The number of benzene rings is 2. The average Bonchev–Trinajstić information content (AvgIpc) is 2.78. The number of hydrogen-bond acceptors (Lipinski definition) is 4. The molecule has 0 atom stereocenters. The normalized spacial score (nSPS) is 16.3. The number of fused-ring (bicyclic) bond motifs is 1. The summed E-state index contributed by atoms with van der Waals surface area (Å²) in [5.41, 5.74) is 4.60. The lowest BCUT2D eigenvalue weighted by Gasteiger charge is -2.30. The Morgan fingerprint density at radius 3 is 2.66 bits per heavy atom. The second-order valence-electron chi connectivity index (χ2n) is 7.51. The number of amides is 2. The number of aryl methyl sites for hydroxylation is 1. The Bertz CT molecular complexity index is 906. The molecule has 1 N–H and O–H groups in total. The molecule has 4 rings (SSSR count). The van der Waals surface area contributed by atoms with Gasteiger partial charge in [0.25, 0.3) is 5.91 Å². The van der Waals surface area contributed by atoms with E-state index in [1.165, 1.54) is 5.56 Å². The van der Waals surface area contributed by atoms with Crippen molar-refractivity contribution >= 4 is 23.2 Å². The smallest absolute Gasteiger partial charge is 0.254 e. The third kappa shape index (κ3) is 4.12. The van der Waals surface area contributed by atoms with E-state index in [-0.39, 0.29) is 18.4 Å². The van der Waals surface area contributed by atoms with Crippen molar-refractivity contribution in [1.29, 1.82) is 0 Å². The zero-order valence-corrected chi connectivity index (χ0v) is 16.8. The molecule has 0 bridgehead atoms. The second kappa shape index (κ2) is 8.66. The van der Waals surface area contributed by atoms with E-state index in [9.17, 15) is 9.59 Å². The summed E-state index contributed by atoms with van der Waals surface area (Å²) in [6.07, 6.45) is 1.99. The molecule has 0 unspecified atom stereocenters. The van der Waals surface area contributed by atoms with Crippen molar-refractivity contribution in [3.8, 4) is 0 Å². The van der Waals surface area contributed by atoms with Gasteiger partial charge in [-0.15, -0.1) is 0 Å². The first-order valence-corrected chi connectivity index (χ1v) is 10.2. The number of para-hydroxylation sites is 1. The fourth-order valence-electron chi connectivity index (χ4n) is 4.05. The minimum atomic E-state index is 0.0192. The molecule has 2 aromatic carbocycles. The first-order chi connectivity index (χ1) is 14.1. The number of nitrogens with zero attached hydrogens (tertiary/aromatic N) is 2. The summed E-state index contributed by atoms with van der Waals surface area (Å²) in [6.45, 7) is 5.25.